The molecular weight excluding hydrogens is 779 g/mol. The average molecular weight is 863 g/mol. The summed E-state index contributed by atoms with van der Waals surface area (Å²) >= 11 is 0. The number of hydrogen-bond acceptors (Lipinski definition) is 11. The Balaban J connectivity index is 1.51. The highest BCUT2D eigenvalue weighted by Crippen LogP contribution is 2.65. The molecule has 10 atom stereocenters. The summed E-state index contributed by atoms with van der Waals surface area (Å²) in [6.07, 6.45) is 13.2. The highest BCUT2D eigenvalue weighted by atomic mass is 16.7. The Morgan fingerprint density at radius 1 is 0.705 bits per heavy atom. The minimum Gasteiger partial charge on any atom is -0.404 e. The smallest absolute Gasteiger partial charge is 0.404 e. The summed E-state index contributed by atoms with van der Waals surface area (Å²) in [5.74, 6) is -2.29. The molecule has 3 saturated carbocycles. The second kappa shape index (κ2) is 26.1. The third kappa shape index (κ3) is 15.7. The molecular formula is C44H83BN8O8. The first-order chi connectivity index (χ1) is 29.0. The lowest BCUT2D eigenvalue weighted by atomic mass is 9.43. The van der Waals surface area contributed by atoms with E-state index in [1.807, 2.05) is 6.92 Å². The number of carbonyl (C=O) groups is 5. The molecule has 2 bridgehead atoms. The predicted octanol–water partition coefficient (Wildman–Crippen LogP) is 2.48. The fourth-order valence-electron chi connectivity index (χ4n) is 9.33. The Morgan fingerprint density at radius 3 is 1.90 bits per heavy atom. The first-order valence-electron chi connectivity index (χ1n) is 23.6. The van der Waals surface area contributed by atoms with Gasteiger partial charge < -0.3 is 57.8 Å². The third-order valence-corrected chi connectivity index (χ3v) is 13.5. The number of hydrogen-bond donors (Lipinski definition) is 9. The summed E-state index contributed by atoms with van der Waals surface area (Å²) in [5.41, 5.74) is 11.2. The van der Waals surface area contributed by atoms with E-state index in [9.17, 15) is 29.1 Å². The van der Waals surface area contributed by atoms with Crippen molar-refractivity contribution in [1.29, 1.82) is 0 Å². The maximum Gasteiger partial charge on any atom is 0.481 e. The Morgan fingerprint density at radius 2 is 1.30 bits per heavy atom. The molecule has 0 aromatic carbocycles. The molecule has 3 aliphatic carbocycles. The topological polar surface area (TPSA) is 248 Å². The van der Waals surface area contributed by atoms with Gasteiger partial charge in [0.2, 0.25) is 29.5 Å². The van der Waals surface area contributed by atoms with E-state index in [1.165, 1.54) is 52.4 Å². The zero-order valence-electron chi connectivity index (χ0n) is 38.6. The lowest BCUT2D eigenvalue weighted by Crippen LogP contribution is -2.65. The number of unbranched alkanes of at least 4 members (excludes halogenated alkanes) is 8. The van der Waals surface area contributed by atoms with E-state index in [0.29, 0.717) is 76.4 Å². The van der Waals surface area contributed by atoms with Gasteiger partial charge in [-0.15, -0.1) is 0 Å². The summed E-state index contributed by atoms with van der Waals surface area (Å²) in [5, 5.41) is 27.7. The van der Waals surface area contributed by atoms with Crippen molar-refractivity contribution in [3.63, 3.8) is 0 Å². The lowest BCUT2D eigenvalue weighted by Gasteiger charge is -2.64. The predicted molar refractivity (Wildman–Crippen MR) is 239 cm³/mol. The van der Waals surface area contributed by atoms with E-state index < -0.39 is 72.6 Å². The molecule has 11 N–H and O–H groups in total. The van der Waals surface area contributed by atoms with Crippen LogP contribution in [0.15, 0.2) is 0 Å². The number of rotatable bonds is 31. The van der Waals surface area contributed by atoms with Crippen molar-refractivity contribution >= 4 is 36.7 Å². The van der Waals surface area contributed by atoms with E-state index in [4.69, 9.17) is 20.8 Å². The number of amides is 5. The molecule has 0 aromatic rings. The fraction of sp³-hybridized carbons (Fsp3) is 0.886. The van der Waals surface area contributed by atoms with Gasteiger partial charge in [0.1, 0.15) is 24.2 Å². The van der Waals surface area contributed by atoms with Crippen LogP contribution in [-0.2, 0) is 33.3 Å². The van der Waals surface area contributed by atoms with Crippen molar-refractivity contribution in [3.05, 3.63) is 0 Å². The summed E-state index contributed by atoms with van der Waals surface area (Å²) < 4.78 is 12.9. The fourth-order valence-corrected chi connectivity index (χ4v) is 9.33. The third-order valence-electron chi connectivity index (χ3n) is 13.5. The van der Waals surface area contributed by atoms with Crippen LogP contribution in [0.5, 0.6) is 0 Å². The molecule has 16 nitrogen and oxygen atoms in total. The summed E-state index contributed by atoms with van der Waals surface area (Å²) in [7, 11) is -0.638. The molecule has 4 fully saturated rings. The van der Waals surface area contributed by atoms with E-state index in [0.717, 1.165) is 25.8 Å². The maximum absolute atomic E-state index is 13.7. The molecule has 0 spiro atoms. The Kier molecular flexibility index (Phi) is 22.5. The molecule has 0 radical (unpaired) electrons. The quantitative estimate of drug-likeness (QED) is 0.0362. The van der Waals surface area contributed by atoms with E-state index in [1.54, 1.807) is 0 Å². The Labute approximate surface area is 366 Å². The number of nitrogens with one attached hydrogen (secondary N) is 6. The molecule has 5 amide bonds. The van der Waals surface area contributed by atoms with Gasteiger partial charge in [0.05, 0.1) is 23.8 Å². The number of aliphatic hydroxyl groups excluding tert-OH is 1. The summed E-state index contributed by atoms with van der Waals surface area (Å²) in [6.45, 7) is 16.0. The second-order valence-corrected chi connectivity index (χ2v) is 18.8. The van der Waals surface area contributed by atoms with Gasteiger partial charge in [-0.25, -0.2) is 0 Å². The minimum atomic E-state index is -1.43. The molecule has 17 heteroatoms. The van der Waals surface area contributed by atoms with Crippen LogP contribution >= 0.6 is 0 Å². The first-order valence-corrected chi connectivity index (χ1v) is 23.6. The van der Waals surface area contributed by atoms with Gasteiger partial charge in [-0.2, -0.15) is 0 Å². The molecule has 1 heterocycles. The molecule has 1 saturated heterocycles. The highest BCUT2D eigenvalue weighted by molar-refractivity contribution is 6.47. The van der Waals surface area contributed by atoms with Gasteiger partial charge in [-0.1, -0.05) is 59.3 Å². The second-order valence-electron chi connectivity index (χ2n) is 18.8. The highest BCUT2D eigenvalue weighted by Gasteiger charge is 2.68. The van der Waals surface area contributed by atoms with Gasteiger partial charge in [0.25, 0.3) is 0 Å². The molecule has 0 aromatic heterocycles. The van der Waals surface area contributed by atoms with Gasteiger partial charge >= 0.3 is 7.12 Å². The van der Waals surface area contributed by atoms with E-state index >= 15 is 0 Å². The maximum atomic E-state index is 13.7. The van der Waals surface area contributed by atoms with Crippen LogP contribution < -0.4 is 43.4 Å². The van der Waals surface area contributed by atoms with Crippen molar-refractivity contribution in [2.75, 3.05) is 26.2 Å². The Bertz CT molecular complexity index is 1390. The largest absolute Gasteiger partial charge is 0.481 e. The van der Waals surface area contributed by atoms with Crippen molar-refractivity contribution in [1.82, 2.24) is 31.9 Å². The molecule has 0 unspecified atom stereocenters. The van der Waals surface area contributed by atoms with Crippen LogP contribution in [0.3, 0.4) is 0 Å². The molecule has 350 valence electrons. The zero-order chi connectivity index (χ0) is 45.2. The average Bonchev–Trinajstić information content (AvgIpc) is 3.58. The van der Waals surface area contributed by atoms with Crippen LogP contribution in [0.2, 0.25) is 0 Å². The van der Waals surface area contributed by atoms with E-state index in [2.05, 4.69) is 59.6 Å². The lowest BCUT2D eigenvalue weighted by molar-refractivity contribution is -0.199. The molecule has 61 heavy (non-hydrogen) atoms. The van der Waals surface area contributed by atoms with Crippen molar-refractivity contribution in [3.8, 4) is 0 Å². The monoisotopic (exact) mass is 863 g/mol. The minimum absolute atomic E-state index is 0.0453. The van der Waals surface area contributed by atoms with Gasteiger partial charge in [0.15, 0.2) is 0 Å². The molecule has 1 aliphatic heterocycles. The molecule has 4 aliphatic rings. The van der Waals surface area contributed by atoms with Crippen molar-refractivity contribution in [2.45, 2.75) is 206 Å². The van der Waals surface area contributed by atoms with Crippen LogP contribution in [0.1, 0.15) is 158 Å². The van der Waals surface area contributed by atoms with E-state index in [-0.39, 0.29) is 23.8 Å². The van der Waals surface area contributed by atoms with Gasteiger partial charge in [-0.05, 0) is 135 Å². The number of carbonyl (C=O) groups excluding carboxylic acids is 5. The van der Waals surface area contributed by atoms with Crippen LogP contribution in [0, 0.1) is 17.3 Å². The van der Waals surface area contributed by atoms with Crippen LogP contribution in [-0.4, -0.2) is 116 Å². The van der Waals surface area contributed by atoms with Gasteiger partial charge in [0, 0.05) is 6.42 Å². The van der Waals surface area contributed by atoms with Crippen molar-refractivity contribution in [2.24, 2.45) is 28.7 Å². The Hall–Kier alpha value is -2.83. The normalized spacial score (nSPS) is 24.2. The summed E-state index contributed by atoms with van der Waals surface area (Å²) in [4.78, 5) is 67.1. The first kappa shape index (κ1) is 52.5. The summed E-state index contributed by atoms with van der Waals surface area (Å²) in [6, 6.07) is -4.44. The zero-order valence-corrected chi connectivity index (χ0v) is 38.6. The van der Waals surface area contributed by atoms with Gasteiger partial charge in [-0.3, -0.25) is 24.0 Å². The molecule has 4 rings (SSSR count). The van der Waals surface area contributed by atoms with Crippen LogP contribution in [0.4, 0.5) is 0 Å². The standard InChI is InChI=1S/C44H83BN8O8/c1-8-9-10-11-12-13-18-25-48-26-19-22-37(55)51-33(20-14-16-23-46)41(58)53-38(30(3)54)42(59)49-29(2)39(56)52-34(21-15-17-24-47)40(57)50-31(4)45-60-36-28-32-27-35(43(32,5)6)44(36,7)61-45/h29-36,38,48,54H,8-28,46-47H2,1-7H3,(H,49,59)(H,50,57)(H,51,55)(H,52,56)(H,53,58)/t29-,30+,31-,32-,33-,34-,35-,36+,38-,44-/m0/s1. The van der Waals surface area contributed by atoms with Crippen LogP contribution in [0.25, 0.3) is 0 Å². The van der Waals surface area contributed by atoms with Crippen molar-refractivity contribution < 1.29 is 38.4 Å². The number of nitrogens with two attached hydrogens (primary N) is 2. The number of aliphatic hydroxyl groups is 1. The SMILES string of the molecule is CCCCCCCCCNCCCC(=O)N[C@@H](CCCCN)C(=O)N[C@H](C(=O)N[C@@H](C)C(=O)N[C@@H](CCCCN)C(=O)N[C@@H](C)B1O[C@@H]2C[C@@H]3C[C@@H](C3(C)C)[C@]2(C)O1)[C@@H](C)O.